The summed E-state index contributed by atoms with van der Waals surface area (Å²) in [4.78, 5) is 24.9. The van der Waals surface area contributed by atoms with Crippen molar-refractivity contribution in [1.29, 1.82) is 0 Å². The Hall–Kier alpha value is -4.86. The lowest BCUT2D eigenvalue weighted by molar-refractivity contribution is -0.111. The van der Waals surface area contributed by atoms with Crippen LogP contribution in [0.15, 0.2) is 72.8 Å². The van der Waals surface area contributed by atoms with Crippen LogP contribution in [-0.4, -0.2) is 31.0 Å². The summed E-state index contributed by atoms with van der Waals surface area (Å²) in [6, 6.07) is 16.9. The molecule has 1 atom stereocenters. The first-order valence-electron chi connectivity index (χ1n) is 12.0. The minimum absolute atomic E-state index is 0.0634. The Labute approximate surface area is 220 Å². The molecule has 3 aromatic carbocycles. The average Bonchev–Trinajstić information content (AvgIpc) is 3.37. The third kappa shape index (κ3) is 6.88. The van der Waals surface area contributed by atoms with Crippen LogP contribution < -0.4 is 30.6 Å². The second-order valence-electron chi connectivity index (χ2n) is 8.43. The highest BCUT2D eigenvalue weighted by molar-refractivity contribution is 6.01. The lowest BCUT2D eigenvalue weighted by Crippen LogP contribution is -2.17. The predicted molar refractivity (Wildman–Crippen MR) is 143 cm³/mol. The van der Waals surface area contributed by atoms with Gasteiger partial charge in [0.05, 0.1) is 18.5 Å². The number of nitrogen functional groups attached to an aromatic ring is 1. The van der Waals surface area contributed by atoms with E-state index >= 15 is 0 Å². The molecule has 2 amide bonds. The van der Waals surface area contributed by atoms with Crippen molar-refractivity contribution in [2.45, 2.75) is 25.4 Å². The fourth-order valence-corrected chi connectivity index (χ4v) is 3.85. The van der Waals surface area contributed by atoms with Gasteiger partial charge in [-0.05, 0) is 67.3 Å². The van der Waals surface area contributed by atoms with Crippen LogP contribution in [0.5, 0.6) is 23.0 Å². The van der Waals surface area contributed by atoms with Crippen LogP contribution >= 0.6 is 0 Å². The second-order valence-corrected chi connectivity index (χ2v) is 8.43. The molecular weight excluding hydrogens is 490 g/mol. The SMILES string of the molecule is COc1ccc([C@@H](CCC/C=C/C(=O)Nc2ccccc2N)OC(=O)Nc2ccc3c(c2)OCO3)cc1O. The van der Waals surface area contributed by atoms with Crippen molar-refractivity contribution in [3.63, 3.8) is 0 Å². The number of ether oxygens (including phenoxy) is 4. The molecule has 1 heterocycles. The van der Waals surface area contributed by atoms with Gasteiger partial charge in [0, 0.05) is 11.8 Å². The minimum atomic E-state index is -0.667. The number of hydrogen-bond donors (Lipinski definition) is 4. The number of hydrogen-bond acceptors (Lipinski definition) is 8. The van der Waals surface area contributed by atoms with Gasteiger partial charge in [0.15, 0.2) is 23.0 Å². The molecule has 0 spiro atoms. The molecule has 1 aliphatic rings. The number of amides is 2. The fraction of sp³-hybridized carbons (Fsp3) is 0.214. The zero-order valence-electron chi connectivity index (χ0n) is 20.8. The number of aromatic hydroxyl groups is 1. The number of unbranched alkanes of at least 4 members (excludes halogenated alkanes) is 1. The van der Waals surface area contributed by atoms with Gasteiger partial charge < -0.3 is 35.1 Å². The van der Waals surface area contributed by atoms with E-state index in [1.54, 1.807) is 60.7 Å². The first-order valence-corrected chi connectivity index (χ1v) is 12.0. The molecular formula is C28H29N3O7. The Morgan fingerprint density at radius 2 is 1.89 bits per heavy atom. The lowest BCUT2D eigenvalue weighted by atomic mass is 10.0. The number of nitrogens with one attached hydrogen (secondary N) is 2. The molecule has 0 aliphatic carbocycles. The van der Waals surface area contributed by atoms with Crippen molar-refractivity contribution < 1.29 is 33.6 Å². The smallest absolute Gasteiger partial charge is 0.412 e. The number of allylic oxidation sites excluding steroid dienone is 1. The van der Waals surface area contributed by atoms with Gasteiger partial charge in [0.25, 0.3) is 0 Å². The van der Waals surface area contributed by atoms with Gasteiger partial charge in [0.2, 0.25) is 12.7 Å². The topological polar surface area (TPSA) is 141 Å². The van der Waals surface area contributed by atoms with Gasteiger partial charge in [-0.1, -0.05) is 24.3 Å². The maximum atomic E-state index is 12.7. The van der Waals surface area contributed by atoms with Gasteiger partial charge in [-0.25, -0.2) is 4.79 Å². The standard InChI is InChI=1S/C28H29N3O7/c1-35-24-13-11-18(15-22(24)32)23(38-28(34)30-19-12-14-25-26(16-19)37-17-36-25)9-3-2-4-10-27(33)31-21-8-6-5-7-20(21)29/h4-8,10-16,23,32H,2-3,9,17,29H2,1H3,(H,30,34)(H,31,33)/b10-4+/t23-/m1/s1. The van der Waals surface area contributed by atoms with E-state index in [1.807, 2.05) is 0 Å². The highest BCUT2D eigenvalue weighted by atomic mass is 16.7. The predicted octanol–water partition coefficient (Wildman–Crippen LogP) is 5.37. The molecule has 5 N–H and O–H groups in total. The van der Waals surface area contributed by atoms with Crippen molar-refractivity contribution in [1.82, 2.24) is 0 Å². The number of anilines is 3. The van der Waals surface area contributed by atoms with Crippen molar-refractivity contribution in [3.05, 3.63) is 78.4 Å². The number of para-hydroxylation sites is 2. The summed E-state index contributed by atoms with van der Waals surface area (Å²) in [5, 5.41) is 15.7. The van der Waals surface area contributed by atoms with Crippen molar-refractivity contribution in [3.8, 4) is 23.0 Å². The Morgan fingerprint density at radius 3 is 2.68 bits per heavy atom. The molecule has 0 saturated carbocycles. The Bertz CT molecular complexity index is 1330. The molecule has 0 aromatic heterocycles. The Morgan fingerprint density at radius 1 is 1.08 bits per heavy atom. The summed E-state index contributed by atoms with van der Waals surface area (Å²) in [7, 11) is 1.45. The fourth-order valence-electron chi connectivity index (χ4n) is 3.85. The van der Waals surface area contributed by atoms with E-state index in [9.17, 15) is 14.7 Å². The van der Waals surface area contributed by atoms with E-state index in [-0.39, 0.29) is 18.4 Å². The zero-order chi connectivity index (χ0) is 26.9. The number of phenols is 1. The van der Waals surface area contributed by atoms with Crippen molar-refractivity contribution >= 4 is 29.1 Å². The number of rotatable bonds is 10. The summed E-state index contributed by atoms with van der Waals surface area (Å²) in [6.07, 6.45) is 3.46. The molecule has 0 radical (unpaired) electrons. The first kappa shape index (κ1) is 26.2. The number of phenolic OH excluding ortho intramolecular Hbond substituents is 1. The number of carbonyl (C=O) groups excluding carboxylic acids is 2. The van der Waals surface area contributed by atoms with E-state index in [0.717, 1.165) is 0 Å². The van der Waals surface area contributed by atoms with E-state index in [1.165, 1.54) is 19.3 Å². The Balaban J connectivity index is 1.36. The molecule has 3 aromatic rings. The zero-order valence-corrected chi connectivity index (χ0v) is 20.8. The van der Waals surface area contributed by atoms with Gasteiger partial charge in [0.1, 0.15) is 6.10 Å². The summed E-state index contributed by atoms with van der Waals surface area (Å²) < 4.78 is 21.5. The number of methoxy groups -OCH3 is 1. The highest BCUT2D eigenvalue weighted by Gasteiger charge is 2.20. The molecule has 4 rings (SSSR count). The molecule has 0 saturated heterocycles. The van der Waals surface area contributed by atoms with Crippen molar-refractivity contribution in [2.24, 2.45) is 0 Å². The van der Waals surface area contributed by atoms with Crippen molar-refractivity contribution in [2.75, 3.05) is 30.3 Å². The van der Waals surface area contributed by atoms with Crippen LogP contribution in [0.1, 0.15) is 30.9 Å². The first-order chi connectivity index (χ1) is 18.4. The van der Waals surface area contributed by atoms with Crippen LogP contribution in [-0.2, 0) is 9.53 Å². The lowest BCUT2D eigenvalue weighted by Gasteiger charge is -2.19. The molecule has 10 heteroatoms. The number of fused-ring (bicyclic) bond motifs is 1. The van der Waals surface area contributed by atoms with Crippen LogP contribution in [0.25, 0.3) is 0 Å². The van der Waals surface area contributed by atoms with E-state index in [4.69, 9.17) is 24.7 Å². The molecule has 10 nitrogen and oxygen atoms in total. The molecule has 198 valence electrons. The average molecular weight is 520 g/mol. The Kier molecular flexibility index (Phi) is 8.55. The number of carbonyl (C=O) groups is 2. The summed E-state index contributed by atoms with van der Waals surface area (Å²) >= 11 is 0. The summed E-state index contributed by atoms with van der Waals surface area (Å²) in [5.41, 5.74) is 7.97. The monoisotopic (exact) mass is 519 g/mol. The van der Waals surface area contributed by atoms with Gasteiger partial charge in [-0.3, -0.25) is 10.1 Å². The van der Waals surface area contributed by atoms with E-state index in [2.05, 4.69) is 10.6 Å². The summed E-state index contributed by atoms with van der Waals surface area (Å²) in [6.45, 7) is 0.128. The maximum absolute atomic E-state index is 12.7. The van der Waals surface area contributed by atoms with Crippen LogP contribution in [0, 0.1) is 0 Å². The van der Waals surface area contributed by atoms with Crippen LogP contribution in [0.2, 0.25) is 0 Å². The van der Waals surface area contributed by atoms with Gasteiger partial charge in [-0.2, -0.15) is 0 Å². The molecule has 38 heavy (non-hydrogen) atoms. The highest BCUT2D eigenvalue weighted by Crippen LogP contribution is 2.35. The quantitative estimate of drug-likeness (QED) is 0.159. The van der Waals surface area contributed by atoms with Gasteiger partial charge in [-0.15, -0.1) is 0 Å². The third-order valence-electron chi connectivity index (χ3n) is 5.77. The largest absolute Gasteiger partial charge is 0.504 e. The summed E-state index contributed by atoms with van der Waals surface area (Å²) in [5.74, 6) is 1.09. The second kappa shape index (κ2) is 12.4. The van der Waals surface area contributed by atoms with Crippen LogP contribution in [0.3, 0.4) is 0 Å². The molecule has 1 aliphatic heterocycles. The van der Waals surface area contributed by atoms with E-state index in [0.29, 0.717) is 59.1 Å². The van der Waals surface area contributed by atoms with Crippen LogP contribution in [0.4, 0.5) is 21.9 Å². The molecule has 0 unspecified atom stereocenters. The maximum Gasteiger partial charge on any atom is 0.412 e. The van der Waals surface area contributed by atoms with Gasteiger partial charge >= 0.3 is 6.09 Å². The minimum Gasteiger partial charge on any atom is -0.504 e. The molecule has 0 bridgehead atoms. The normalized spacial score (nSPS) is 12.7. The molecule has 0 fully saturated rings. The van der Waals surface area contributed by atoms with E-state index < -0.39 is 12.2 Å². The number of benzene rings is 3. The number of nitrogens with two attached hydrogens (primary N) is 1. The third-order valence-corrected chi connectivity index (χ3v) is 5.77.